The molecule has 2 N–H and O–H groups in total. The fourth-order valence-electron chi connectivity index (χ4n) is 6.94. The summed E-state index contributed by atoms with van der Waals surface area (Å²) in [5.41, 5.74) is 0.492. The molecule has 2 aliphatic heterocycles. The van der Waals surface area contributed by atoms with E-state index in [2.05, 4.69) is 7.05 Å². The zero-order chi connectivity index (χ0) is 17.9. The van der Waals surface area contributed by atoms with Crippen molar-refractivity contribution in [3.63, 3.8) is 0 Å². The molecule has 2 unspecified atom stereocenters. The molecule has 6 heteroatoms. The number of piperidine rings is 1. The van der Waals surface area contributed by atoms with E-state index in [-0.39, 0.29) is 34.6 Å². The third-order valence-corrected chi connectivity index (χ3v) is 8.28. The van der Waals surface area contributed by atoms with Crippen molar-refractivity contribution < 1.29 is 41.2 Å². The van der Waals surface area contributed by atoms with Crippen LogP contribution < -0.4 is 21.7 Å². The maximum absolute atomic E-state index is 12.8. The number of likely N-dealkylation sites (tertiary alicyclic amines) is 1. The highest BCUT2D eigenvalue weighted by molar-refractivity contribution is 5.90. The number of halogens is 1. The van der Waals surface area contributed by atoms with Crippen LogP contribution in [0.1, 0.15) is 43.2 Å². The van der Waals surface area contributed by atoms with E-state index in [1.54, 1.807) is 6.07 Å². The van der Waals surface area contributed by atoms with Crippen LogP contribution in [0.5, 0.6) is 11.5 Å². The minimum Gasteiger partial charge on any atom is -1.00 e. The predicted molar refractivity (Wildman–Crippen MR) is 94.1 cm³/mol. The van der Waals surface area contributed by atoms with Gasteiger partial charge in [-0.3, -0.25) is 4.79 Å². The number of carbonyl (C=O) groups is 1. The van der Waals surface area contributed by atoms with E-state index in [1.807, 2.05) is 6.07 Å². The van der Waals surface area contributed by atoms with E-state index in [0.29, 0.717) is 18.6 Å². The molecule has 2 saturated carbocycles. The minimum atomic E-state index is -0.931. The number of ether oxygens (including phenoxy) is 1. The Hall–Kier alpha value is -1.11. The van der Waals surface area contributed by atoms with Crippen LogP contribution in [0.15, 0.2) is 12.1 Å². The fourth-order valence-corrected chi connectivity index (χ4v) is 6.94. The Morgan fingerprint density at radius 2 is 2.07 bits per heavy atom. The second-order valence-corrected chi connectivity index (χ2v) is 9.61. The van der Waals surface area contributed by atoms with E-state index < -0.39 is 17.1 Å². The van der Waals surface area contributed by atoms with Crippen LogP contribution in [-0.4, -0.2) is 58.4 Å². The number of phenolic OH excluding ortho intramolecular Hbond substituents is 1. The van der Waals surface area contributed by atoms with Gasteiger partial charge in [0.2, 0.25) is 0 Å². The average molecular weight is 436 g/mol. The molecule has 3 aliphatic carbocycles. The molecule has 6 rings (SSSR count). The highest BCUT2D eigenvalue weighted by Crippen LogP contribution is 2.65. The monoisotopic (exact) mass is 435 g/mol. The summed E-state index contributed by atoms with van der Waals surface area (Å²) >= 11 is 0. The number of phenols is 1. The van der Waals surface area contributed by atoms with E-state index in [1.165, 1.54) is 12.8 Å². The van der Waals surface area contributed by atoms with Crippen molar-refractivity contribution in [1.29, 1.82) is 0 Å². The van der Waals surface area contributed by atoms with Crippen molar-refractivity contribution >= 4 is 5.78 Å². The Balaban J connectivity index is 0.00000160. The first-order chi connectivity index (χ1) is 12.4. The molecule has 1 saturated heterocycles. The minimum absolute atomic E-state index is 0. The molecule has 146 valence electrons. The molecule has 5 aliphatic rings. The van der Waals surface area contributed by atoms with Gasteiger partial charge in [0.25, 0.3) is 0 Å². The van der Waals surface area contributed by atoms with Gasteiger partial charge in [-0.15, -0.1) is 0 Å². The summed E-state index contributed by atoms with van der Waals surface area (Å²) < 4.78 is 6.98. The lowest BCUT2D eigenvalue weighted by atomic mass is 9.48. The Bertz CT molecular complexity index is 855. The number of hydrogen-bond acceptors (Lipinski definition) is 4. The van der Waals surface area contributed by atoms with Gasteiger partial charge in [0.1, 0.15) is 11.6 Å². The van der Waals surface area contributed by atoms with Crippen molar-refractivity contribution in [2.24, 2.45) is 5.92 Å². The number of hydrogen-bond donors (Lipinski definition) is 2. The molecule has 0 aromatic heterocycles. The molecular weight excluding hydrogens is 410 g/mol. The molecule has 1 spiro atoms. The first-order valence-corrected chi connectivity index (χ1v) is 10.0. The lowest BCUT2D eigenvalue weighted by molar-refractivity contribution is -0.950. The quantitative estimate of drug-likeness (QED) is 0.565. The van der Waals surface area contributed by atoms with Crippen LogP contribution in [-0.2, 0) is 16.6 Å². The van der Waals surface area contributed by atoms with E-state index in [0.717, 1.165) is 47.5 Å². The second-order valence-electron chi connectivity index (χ2n) is 9.61. The lowest BCUT2D eigenvalue weighted by Crippen LogP contribution is -3.00. The first kappa shape index (κ1) is 18.0. The van der Waals surface area contributed by atoms with Crippen LogP contribution in [0, 0.1) is 5.92 Å². The number of quaternary nitrogens is 1. The van der Waals surface area contributed by atoms with Gasteiger partial charge in [-0.2, -0.15) is 0 Å². The molecule has 2 heterocycles. The van der Waals surface area contributed by atoms with Crippen molar-refractivity contribution in [3.05, 3.63) is 23.3 Å². The van der Waals surface area contributed by atoms with E-state index in [9.17, 15) is 15.0 Å². The van der Waals surface area contributed by atoms with E-state index >= 15 is 0 Å². The molecule has 5 nitrogen and oxygen atoms in total. The largest absolute Gasteiger partial charge is 1.00 e. The number of Topliss-reactive ketones (excluding diaryl/α,β-unsaturated/α-hetero) is 1. The number of ketones is 1. The number of aliphatic hydroxyl groups is 1. The highest BCUT2D eigenvalue weighted by Gasteiger charge is 2.76. The van der Waals surface area contributed by atoms with Gasteiger partial charge >= 0.3 is 0 Å². The lowest BCUT2D eigenvalue weighted by Gasteiger charge is -2.64. The Kier molecular flexibility index (Phi) is 3.51. The Labute approximate surface area is 169 Å². The first-order valence-electron chi connectivity index (χ1n) is 10.0. The Morgan fingerprint density at radius 3 is 2.81 bits per heavy atom. The normalized spacial score (nSPS) is 43.6. The standard InChI is InChI=1S/C21H25NO4.BrH/c1-22(11-12-2-3-12)9-8-20-17-13-4-5-14(23)18(17)26-19(20)15(24)6-7-21(20,25)16(22)10-13;/h4-5,12,16,19,25H,2-3,6-11H2,1H3;1H/t16?,19?,20-,21+,22-;/m0./s1. The fraction of sp³-hybridized carbons (Fsp3) is 0.667. The summed E-state index contributed by atoms with van der Waals surface area (Å²) in [5.74, 6) is 1.42. The van der Waals surface area contributed by atoms with Crippen LogP contribution in [0.3, 0.4) is 0 Å². The van der Waals surface area contributed by atoms with Crippen molar-refractivity contribution in [2.45, 2.75) is 61.7 Å². The molecule has 1 aromatic rings. The van der Waals surface area contributed by atoms with Gasteiger partial charge in [-0.25, -0.2) is 0 Å². The second kappa shape index (κ2) is 5.28. The maximum Gasteiger partial charge on any atom is 0.174 e. The molecule has 0 amide bonds. The van der Waals surface area contributed by atoms with Gasteiger partial charge < -0.3 is 36.4 Å². The van der Waals surface area contributed by atoms with Crippen LogP contribution in [0.25, 0.3) is 0 Å². The predicted octanol–water partition coefficient (Wildman–Crippen LogP) is -1.33. The average Bonchev–Trinajstić information content (AvgIpc) is 3.32. The third kappa shape index (κ3) is 1.94. The van der Waals surface area contributed by atoms with Crippen LogP contribution in [0.2, 0.25) is 0 Å². The smallest absolute Gasteiger partial charge is 0.174 e. The van der Waals surface area contributed by atoms with Gasteiger partial charge in [0.15, 0.2) is 23.4 Å². The van der Waals surface area contributed by atoms with Crippen molar-refractivity contribution in [1.82, 2.24) is 0 Å². The third-order valence-electron chi connectivity index (χ3n) is 8.28. The summed E-state index contributed by atoms with van der Waals surface area (Å²) in [6.07, 6.45) is 4.42. The molecule has 3 fully saturated rings. The van der Waals surface area contributed by atoms with Gasteiger partial charge in [0, 0.05) is 30.7 Å². The van der Waals surface area contributed by atoms with Gasteiger partial charge in [-0.1, -0.05) is 6.07 Å². The Morgan fingerprint density at radius 1 is 1.30 bits per heavy atom. The number of benzene rings is 1. The molecule has 5 atom stereocenters. The number of likely N-dealkylation sites (N-methyl/N-ethyl adjacent to an activating group) is 1. The van der Waals surface area contributed by atoms with Crippen molar-refractivity contribution in [3.8, 4) is 11.5 Å². The zero-order valence-electron chi connectivity index (χ0n) is 15.6. The summed E-state index contributed by atoms with van der Waals surface area (Å²) in [6.45, 7) is 2.09. The number of carbonyl (C=O) groups excluding carboxylic acids is 1. The topological polar surface area (TPSA) is 66.8 Å². The summed E-state index contributed by atoms with van der Waals surface area (Å²) in [4.78, 5) is 12.8. The van der Waals surface area contributed by atoms with Gasteiger partial charge in [-0.05, 0) is 30.9 Å². The number of aromatic hydroxyl groups is 1. The van der Waals surface area contributed by atoms with Crippen molar-refractivity contribution in [2.75, 3.05) is 20.1 Å². The molecule has 27 heavy (non-hydrogen) atoms. The molecule has 0 radical (unpaired) electrons. The maximum atomic E-state index is 12.8. The molecule has 2 bridgehead atoms. The SMILES string of the molecule is C[N@@+]1(CC2CC2)CC[C@]23c4c5ccc(O)c4OC2C(=O)CC[C@@]3(O)C1C5.[Br-]. The molecule has 1 aromatic carbocycles. The number of nitrogens with zero attached hydrogens (tertiary/aromatic N) is 1. The molecular formula is C21H26BrNO4. The highest BCUT2D eigenvalue weighted by atomic mass is 79.9. The van der Waals surface area contributed by atoms with Crippen LogP contribution >= 0.6 is 0 Å². The summed E-state index contributed by atoms with van der Waals surface area (Å²) in [7, 11) is 2.31. The summed E-state index contributed by atoms with van der Waals surface area (Å²) in [6, 6.07) is 3.77. The summed E-state index contributed by atoms with van der Waals surface area (Å²) in [5, 5.41) is 22.5. The van der Waals surface area contributed by atoms with Gasteiger partial charge in [0.05, 0.1) is 25.6 Å². The zero-order valence-corrected chi connectivity index (χ0v) is 17.2. The van der Waals surface area contributed by atoms with Crippen LogP contribution in [0.4, 0.5) is 0 Å². The number of rotatable bonds is 2. The van der Waals surface area contributed by atoms with E-state index in [4.69, 9.17) is 4.74 Å².